The van der Waals surface area contributed by atoms with E-state index in [4.69, 9.17) is 9.73 Å². The first-order chi connectivity index (χ1) is 12.8. The topological polar surface area (TPSA) is 76.4 Å². The smallest absolute Gasteiger partial charge is 0.191 e. The van der Waals surface area contributed by atoms with Gasteiger partial charge in [-0.1, -0.05) is 18.2 Å². The summed E-state index contributed by atoms with van der Waals surface area (Å²) in [5.41, 5.74) is 1.08. The Morgan fingerprint density at radius 2 is 2.08 bits per heavy atom. The van der Waals surface area contributed by atoms with Crippen molar-refractivity contribution in [3.63, 3.8) is 0 Å². The molecule has 0 spiro atoms. The lowest BCUT2D eigenvalue weighted by molar-refractivity contribution is 0.336. The number of aromatic nitrogens is 3. The van der Waals surface area contributed by atoms with Crippen LogP contribution in [0.1, 0.15) is 43.9 Å². The maximum Gasteiger partial charge on any atom is 0.191 e. The van der Waals surface area contributed by atoms with Crippen LogP contribution in [0.3, 0.4) is 0 Å². The van der Waals surface area contributed by atoms with Crippen LogP contribution in [0.4, 0.5) is 0 Å². The molecule has 0 amide bonds. The average molecular weight is 356 g/mol. The number of nitrogens with one attached hydrogen (secondary N) is 2. The van der Waals surface area contributed by atoms with Crippen molar-refractivity contribution < 1.29 is 4.74 Å². The molecule has 0 bridgehead atoms. The number of guanidine groups is 1. The van der Waals surface area contributed by atoms with Crippen LogP contribution < -0.4 is 15.4 Å². The Labute approximate surface area is 154 Å². The van der Waals surface area contributed by atoms with E-state index in [1.165, 1.54) is 12.8 Å². The number of aliphatic imine (C=N–C) groups is 1. The number of aryl methyl sites for hydroxylation is 1. The monoisotopic (exact) mass is 356 g/mol. The van der Waals surface area contributed by atoms with Gasteiger partial charge in [-0.05, 0) is 32.8 Å². The number of benzene rings is 1. The summed E-state index contributed by atoms with van der Waals surface area (Å²) in [6.07, 6.45) is 3.42. The molecule has 2 heterocycles. The second-order valence-corrected chi connectivity index (χ2v) is 6.23. The van der Waals surface area contributed by atoms with E-state index in [0.717, 1.165) is 48.4 Å². The zero-order chi connectivity index (χ0) is 18.2. The van der Waals surface area contributed by atoms with Gasteiger partial charge in [0.25, 0.3) is 0 Å². The molecule has 0 saturated heterocycles. The predicted molar refractivity (Wildman–Crippen MR) is 102 cm³/mol. The SMILES string of the molecule is CCNC(=NCc1ccccc1OCC)NCc1nnc2n1CCCC2. The van der Waals surface area contributed by atoms with Crippen LogP contribution in [0.25, 0.3) is 0 Å². The molecule has 0 radical (unpaired) electrons. The van der Waals surface area contributed by atoms with Gasteiger partial charge in [-0.15, -0.1) is 10.2 Å². The molecular weight excluding hydrogens is 328 g/mol. The zero-order valence-electron chi connectivity index (χ0n) is 15.7. The van der Waals surface area contributed by atoms with Gasteiger partial charge in [-0.2, -0.15) is 0 Å². The highest BCUT2D eigenvalue weighted by Crippen LogP contribution is 2.18. The van der Waals surface area contributed by atoms with Crippen LogP contribution in [-0.4, -0.2) is 33.9 Å². The van der Waals surface area contributed by atoms with Crippen LogP contribution in [0.15, 0.2) is 29.3 Å². The minimum Gasteiger partial charge on any atom is -0.494 e. The van der Waals surface area contributed by atoms with Crippen LogP contribution in [0, 0.1) is 0 Å². The van der Waals surface area contributed by atoms with E-state index in [9.17, 15) is 0 Å². The van der Waals surface area contributed by atoms with Crippen molar-refractivity contribution in [2.45, 2.75) is 52.7 Å². The van der Waals surface area contributed by atoms with Gasteiger partial charge in [0.15, 0.2) is 11.8 Å². The molecule has 26 heavy (non-hydrogen) atoms. The predicted octanol–water partition coefficient (Wildman–Crippen LogP) is 2.27. The number of rotatable bonds is 7. The summed E-state index contributed by atoms with van der Waals surface area (Å²) in [4.78, 5) is 4.70. The van der Waals surface area contributed by atoms with Crippen LogP contribution >= 0.6 is 0 Å². The van der Waals surface area contributed by atoms with Crippen molar-refractivity contribution in [1.29, 1.82) is 0 Å². The van der Waals surface area contributed by atoms with E-state index in [0.29, 0.717) is 19.7 Å². The summed E-state index contributed by atoms with van der Waals surface area (Å²) in [5, 5.41) is 15.3. The summed E-state index contributed by atoms with van der Waals surface area (Å²) in [6.45, 7) is 7.69. The third-order valence-corrected chi connectivity index (χ3v) is 4.37. The standard InChI is InChI=1S/C19H28N6O/c1-3-20-19(21-13-15-9-5-6-10-16(15)26-4-2)22-14-18-24-23-17-11-7-8-12-25(17)18/h5-6,9-10H,3-4,7-8,11-14H2,1-2H3,(H2,20,21,22). The fourth-order valence-electron chi connectivity index (χ4n) is 3.10. The Morgan fingerprint density at radius 3 is 2.92 bits per heavy atom. The molecule has 0 atom stereocenters. The van der Waals surface area contributed by atoms with E-state index < -0.39 is 0 Å². The molecule has 7 nitrogen and oxygen atoms in total. The third kappa shape index (κ3) is 4.53. The number of hydrogen-bond acceptors (Lipinski definition) is 4. The van der Waals surface area contributed by atoms with Crippen LogP contribution in [0.2, 0.25) is 0 Å². The quantitative estimate of drug-likeness (QED) is 0.588. The van der Waals surface area contributed by atoms with Crippen molar-refractivity contribution in [2.75, 3.05) is 13.2 Å². The molecule has 1 aromatic carbocycles. The van der Waals surface area contributed by atoms with Gasteiger partial charge in [0.05, 0.1) is 19.7 Å². The zero-order valence-corrected chi connectivity index (χ0v) is 15.7. The maximum absolute atomic E-state index is 5.68. The first kappa shape index (κ1) is 18.2. The lowest BCUT2D eigenvalue weighted by atomic mass is 10.2. The number of fused-ring (bicyclic) bond motifs is 1. The second-order valence-electron chi connectivity index (χ2n) is 6.23. The maximum atomic E-state index is 5.68. The minimum atomic E-state index is 0.559. The Hall–Kier alpha value is -2.57. The van der Waals surface area contributed by atoms with Crippen LogP contribution in [0.5, 0.6) is 5.75 Å². The lowest BCUT2D eigenvalue weighted by Crippen LogP contribution is -2.37. The summed E-state index contributed by atoms with van der Waals surface area (Å²) < 4.78 is 7.91. The van der Waals surface area contributed by atoms with Gasteiger partial charge in [-0.3, -0.25) is 0 Å². The highest BCUT2D eigenvalue weighted by atomic mass is 16.5. The van der Waals surface area contributed by atoms with Gasteiger partial charge < -0.3 is 19.9 Å². The Morgan fingerprint density at radius 1 is 1.19 bits per heavy atom. The van der Waals surface area contributed by atoms with Crippen molar-refractivity contribution in [3.8, 4) is 5.75 Å². The minimum absolute atomic E-state index is 0.559. The number of para-hydroxylation sites is 1. The highest BCUT2D eigenvalue weighted by Gasteiger charge is 2.15. The molecule has 1 aliphatic rings. The highest BCUT2D eigenvalue weighted by molar-refractivity contribution is 5.79. The van der Waals surface area contributed by atoms with Gasteiger partial charge in [0.2, 0.25) is 0 Å². The second kappa shape index (κ2) is 9.22. The molecule has 2 aromatic rings. The Bertz CT molecular complexity index is 739. The molecule has 0 unspecified atom stereocenters. The molecule has 1 aliphatic heterocycles. The van der Waals surface area contributed by atoms with E-state index in [1.54, 1.807) is 0 Å². The fourth-order valence-corrected chi connectivity index (χ4v) is 3.10. The van der Waals surface area contributed by atoms with Crippen molar-refractivity contribution in [2.24, 2.45) is 4.99 Å². The number of ether oxygens (including phenoxy) is 1. The molecular formula is C19H28N6O. The first-order valence-electron chi connectivity index (χ1n) is 9.45. The van der Waals surface area contributed by atoms with E-state index in [-0.39, 0.29) is 0 Å². The number of hydrogen-bond donors (Lipinski definition) is 2. The first-order valence-corrected chi connectivity index (χ1v) is 9.45. The van der Waals surface area contributed by atoms with Crippen molar-refractivity contribution in [3.05, 3.63) is 41.5 Å². The molecule has 140 valence electrons. The molecule has 0 aliphatic carbocycles. The molecule has 0 fully saturated rings. The van der Waals surface area contributed by atoms with E-state index >= 15 is 0 Å². The lowest BCUT2D eigenvalue weighted by Gasteiger charge is -2.16. The summed E-state index contributed by atoms with van der Waals surface area (Å²) in [5.74, 6) is 3.73. The van der Waals surface area contributed by atoms with Crippen molar-refractivity contribution in [1.82, 2.24) is 25.4 Å². The van der Waals surface area contributed by atoms with Gasteiger partial charge >= 0.3 is 0 Å². The van der Waals surface area contributed by atoms with Gasteiger partial charge in [-0.25, -0.2) is 4.99 Å². The Kier molecular flexibility index (Phi) is 6.46. The largest absolute Gasteiger partial charge is 0.494 e. The molecule has 7 heteroatoms. The molecule has 3 rings (SSSR count). The fraction of sp³-hybridized carbons (Fsp3) is 0.526. The molecule has 2 N–H and O–H groups in total. The van der Waals surface area contributed by atoms with Gasteiger partial charge in [0.1, 0.15) is 11.6 Å². The van der Waals surface area contributed by atoms with Gasteiger partial charge in [0, 0.05) is 25.1 Å². The van der Waals surface area contributed by atoms with Crippen molar-refractivity contribution >= 4 is 5.96 Å². The summed E-state index contributed by atoms with van der Waals surface area (Å²) in [7, 11) is 0. The summed E-state index contributed by atoms with van der Waals surface area (Å²) in [6, 6.07) is 8.02. The third-order valence-electron chi connectivity index (χ3n) is 4.37. The van der Waals surface area contributed by atoms with E-state index in [1.807, 2.05) is 31.2 Å². The van der Waals surface area contributed by atoms with Crippen LogP contribution in [-0.2, 0) is 26.1 Å². The summed E-state index contributed by atoms with van der Waals surface area (Å²) >= 11 is 0. The average Bonchev–Trinajstić information content (AvgIpc) is 3.08. The normalized spacial score (nSPS) is 14.0. The van der Waals surface area contributed by atoms with E-state index in [2.05, 4.69) is 32.3 Å². The molecule has 1 aromatic heterocycles. The molecule has 0 saturated carbocycles. The number of nitrogens with zero attached hydrogens (tertiary/aromatic N) is 4. The Balaban J connectivity index is 1.65.